The quantitative estimate of drug-likeness (QED) is 0.479. The van der Waals surface area contributed by atoms with Crippen molar-refractivity contribution in [3.05, 3.63) is 35.4 Å². The summed E-state index contributed by atoms with van der Waals surface area (Å²) in [6.45, 7) is 4.65. The van der Waals surface area contributed by atoms with Crippen LogP contribution in [0.1, 0.15) is 95.6 Å². The minimum absolute atomic E-state index is 0.999. The maximum Gasteiger partial charge on any atom is -0.0276 e. The highest BCUT2D eigenvalue weighted by atomic mass is 14.4. The van der Waals surface area contributed by atoms with Gasteiger partial charge in [0.05, 0.1) is 0 Å². The van der Waals surface area contributed by atoms with E-state index in [1.165, 1.54) is 89.0 Å². The second kappa shape index (κ2) is 9.79. The minimum Gasteiger partial charge on any atom is -0.0651 e. The molecule has 0 aromatic heterocycles. The molecular weight excluding hydrogens is 300 g/mol. The van der Waals surface area contributed by atoms with Crippen LogP contribution in [0.5, 0.6) is 0 Å². The van der Waals surface area contributed by atoms with Gasteiger partial charge in [-0.1, -0.05) is 76.6 Å². The summed E-state index contributed by atoms with van der Waals surface area (Å²) in [6.07, 6.45) is 18.8. The van der Waals surface area contributed by atoms with Gasteiger partial charge in [0, 0.05) is 0 Å². The first-order valence-corrected chi connectivity index (χ1v) is 11.4. The number of benzene rings is 1. The third-order valence-corrected chi connectivity index (χ3v) is 7.43. The predicted octanol–water partition coefficient (Wildman–Crippen LogP) is 7.59. The van der Waals surface area contributed by atoms with Crippen molar-refractivity contribution >= 4 is 0 Å². The number of aryl methyl sites for hydroxylation is 2. The molecule has 2 aliphatic rings. The molecule has 0 amide bonds. The molecule has 0 radical (unpaired) electrons. The molecule has 25 heavy (non-hydrogen) atoms. The summed E-state index contributed by atoms with van der Waals surface area (Å²) in [5, 5.41) is 0. The zero-order valence-electron chi connectivity index (χ0n) is 16.8. The van der Waals surface area contributed by atoms with E-state index in [-0.39, 0.29) is 0 Å². The van der Waals surface area contributed by atoms with Gasteiger partial charge in [0.2, 0.25) is 0 Å². The highest BCUT2D eigenvalue weighted by Gasteiger charge is 2.30. The first kappa shape index (κ1) is 19.0. The maximum atomic E-state index is 2.38. The van der Waals surface area contributed by atoms with Crippen molar-refractivity contribution < 1.29 is 0 Å². The van der Waals surface area contributed by atoms with E-state index in [0.29, 0.717) is 0 Å². The first-order valence-electron chi connectivity index (χ1n) is 11.4. The van der Waals surface area contributed by atoms with Crippen LogP contribution in [0.15, 0.2) is 24.3 Å². The van der Waals surface area contributed by atoms with Crippen molar-refractivity contribution in [2.75, 3.05) is 0 Å². The molecule has 0 nitrogen and oxygen atoms in total. The summed E-state index contributed by atoms with van der Waals surface area (Å²) in [4.78, 5) is 0. The molecular formula is C25H40. The van der Waals surface area contributed by atoms with Crippen molar-refractivity contribution in [3.8, 4) is 0 Å². The Bertz CT molecular complexity index is 469. The fourth-order valence-corrected chi connectivity index (χ4v) is 5.55. The molecule has 0 unspecified atom stereocenters. The molecule has 0 saturated heterocycles. The van der Waals surface area contributed by atoms with Gasteiger partial charge in [0.1, 0.15) is 0 Å². The molecule has 0 aliphatic heterocycles. The number of rotatable bonds is 7. The fraction of sp³-hybridized carbons (Fsp3) is 0.760. The zero-order chi connectivity index (χ0) is 17.5. The normalized spacial score (nSPS) is 30.3. The van der Waals surface area contributed by atoms with Crippen molar-refractivity contribution in [2.24, 2.45) is 23.7 Å². The molecule has 2 aliphatic carbocycles. The monoisotopic (exact) mass is 340 g/mol. The van der Waals surface area contributed by atoms with Gasteiger partial charge < -0.3 is 0 Å². The van der Waals surface area contributed by atoms with Crippen LogP contribution >= 0.6 is 0 Å². The Hall–Kier alpha value is -0.780. The average Bonchev–Trinajstić information content (AvgIpc) is 2.68. The summed E-state index contributed by atoms with van der Waals surface area (Å²) >= 11 is 0. The topological polar surface area (TPSA) is 0 Å². The van der Waals surface area contributed by atoms with Crippen LogP contribution in [0, 0.1) is 23.7 Å². The predicted molar refractivity (Wildman–Crippen MR) is 110 cm³/mol. The van der Waals surface area contributed by atoms with Crippen LogP contribution < -0.4 is 0 Å². The molecule has 0 heterocycles. The molecule has 0 atom stereocenters. The van der Waals surface area contributed by atoms with Gasteiger partial charge in [-0.2, -0.15) is 0 Å². The van der Waals surface area contributed by atoms with Crippen LogP contribution in [0.25, 0.3) is 0 Å². The highest BCUT2D eigenvalue weighted by Crippen LogP contribution is 2.42. The Kier molecular flexibility index (Phi) is 7.44. The molecule has 0 heteroatoms. The third kappa shape index (κ3) is 5.60. The Morgan fingerprint density at radius 2 is 1.12 bits per heavy atom. The van der Waals surface area contributed by atoms with E-state index < -0.39 is 0 Å². The van der Waals surface area contributed by atoms with E-state index >= 15 is 0 Å². The summed E-state index contributed by atoms with van der Waals surface area (Å²) in [5.74, 6) is 4.20. The smallest absolute Gasteiger partial charge is 0.0276 e. The second-order valence-electron chi connectivity index (χ2n) is 9.08. The number of hydrogen-bond donors (Lipinski definition) is 0. The summed E-state index contributed by atoms with van der Waals surface area (Å²) < 4.78 is 0. The minimum atomic E-state index is 0.999. The summed E-state index contributed by atoms with van der Waals surface area (Å²) in [7, 11) is 0. The maximum absolute atomic E-state index is 2.38. The van der Waals surface area contributed by atoms with Crippen LogP contribution in [0.4, 0.5) is 0 Å². The molecule has 140 valence electrons. The van der Waals surface area contributed by atoms with Gasteiger partial charge >= 0.3 is 0 Å². The van der Waals surface area contributed by atoms with E-state index in [1.807, 2.05) is 0 Å². The van der Waals surface area contributed by atoms with Crippen LogP contribution in [-0.4, -0.2) is 0 Å². The Morgan fingerprint density at radius 3 is 1.60 bits per heavy atom. The molecule has 1 aromatic rings. The SMILES string of the molecule is CCCc1ccc(CCC2CCC(C3CCC(CC)CC3)CC2)cc1. The lowest BCUT2D eigenvalue weighted by Crippen LogP contribution is -2.25. The molecule has 0 spiro atoms. The largest absolute Gasteiger partial charge is 0.0651 e. The van der Waals surface area contributed by atoms with E-state index in [9.17, 15) is 0 Å². The molecule has 3 rings (SSSR count). The van der Waals surface area contributed by atoms with Crippen molar-refractivity contribution in [1.82, 2.24) is 0 Å². The molecule has 2 saturated carbocycles. The molecule has 0 bridgehead atoms. The van der Waals surface area contributed by atoms with E-state index in [4.69, 9.17) is 0 Å². The number of hydrogen-bond acceptors (Lipinski definition) is 0. The first-order chi connectivity index (χ1) is 12.3. The van der Waals surface area contributed by atoms with Crippen molar-refractivity contribution in [3.63, 3.8) is 0 Å². The lowest BCUT2D eigenvalue weighted by molar-refractivity contribution is 0.142. The zero-order valence-corrected chi connectivity index (χ0v) is 16.8. The fourth-order valence-electron chi connectivity index (χ4n) is 5.55. The lowest BCUT2D eigenvalue weighted by Gasteiger charge is -2.37. The van der Waals surface area contributed by atoms with Gasteiger partial charge in [-0.3, -0.25) is 0 Å². The van der Waals surface area contributed by atoms with E-state index in [2.05, 4.69) is 38.1 Å². The summed E-state index contributed by atoms with van der Waals surface area (Å²) in [5.41, 5.74) is 3.06. The Morgan fingerprint density at radius 1 is 0.640 bits per heavy atom. The van der Waals surface area contributed by atoms with Crippen LogP contribution in [-0.2, 0) is 12.8 Å². The van der Waals surface area contributed by atoms with Crippen LogP contribution in [0.2, 0.25) is 0 Å². The standard InChI is InChI=1S/C25H40/c1-3-5-21-6-8-22(9-7-21)10-11-23-14-18-25(19-15-23)24-16-12-20(4-2)13-17-24/h6-9,20,23-25H,3-5,10-19H2,1-2H3. The Labute approximate surface area is 156 Å². The van der Waals surface area contributed by atoms with Gasteiger partial charge in [-0.25, -0.2) is 0 Å². The lowest BCUT2D eigenvalue weighted by atomic mass is 9.68. The Balaban J connectivity index is 1.36. The van der Waals surface area contributed by atoms with Crippen molar-refractivity contribution in [2.45, 2.75) is 97.3 Å². The summed E-state index contributed by atoms with van der Waals surface area (Å²) in [6, 6.07) is 9.45. The highest BCUT2D eigenvalue weighted by molar-refractivity contribution is 5.22. The average molecular weight is 341 g/mol. The molecule has 1 aromatic carbocycles. The van der Waals surface area contributed by atoms with Gasteiger partial charge in [-0.05, 0) is 79.7 Å². The molecule has 0 N–H and O–H groups in total. The molecule has 2 fully saturated rings. The third-order valence-electron chi connectivity index (χ3n) is 7.43. The van der Waals surface area contributed by atoms with Crippen LogP contribution in [0.3, 0.4) is 0 Å². The van der Waals surface area contributed by atoms with Crippen molar-refractivity contribution in [1.29, 1.82) is 0 Å². The van der Waals surface area contributed by atoms with Gasteiger partial charge in [-0.15, -0.1) is 0 Å². The van der Waals surface area contributed by atoms with Gasteiger partial charge in [0.15, 0.2) is 0 Å². The van der Waals surface area contributed by atoms with E-state index in [0.717, 1.165) is 23.7 Å². The van der Waals surface area contributed by atoms with E-state index in [1.54, 1.807) is 5.56 Å². The van der Waals surface area contributed by atoms with Gasteiger partial charge in [0.25, 0.3) is 0 Å². The second-order valence-corrected chi connectivity index (χ2v) is 9.08.